The summed E-state index contributed by atoms with van der Waals surface area (Å²) in [6.45, 7) is 8.30. The van der Waals surface area contributed by atoms with Crippen LogP contribution in [0, 0.1) is 0 Å². The van der Waals surface area contributed by atoms with Gasteiger partial charge in [-0.15, -0.1) is 11.6 Å². The van der Waals surface area contributed by atoms with E-state index in [0.717, 1.165) is 47.9 Å². The van der Waals surface area contributed by atoms with Crippen molar-refractivity contribution < 1.29 is 10.2 Å². The monoisotopic (exact) mass is 360 g/mol. The van der Waals surface area contributed by atoms with Gasteiger partial charge in [-0.3, -0.25) is 0 Å². The Morgan fingerprint density at radius 1 is 0.680 bits per heavy atom. The smallest absolute Gasteiger partial charge is 0.119 e. The molecule has 0 unspecified atom stereocenters. The minimum absolute atomic E-state index is 0.0587. The van der Waals surface area contributed by atoms with Crippen molar-refractivity contribution in [1.29, 1.82) is 0 Å². The van der Waals surface area contributed by atoms with E-state index in [9.17, 15) is 10.2 Å². The lowest BCUT2D eigenvalue weighted by Gasteiger charge is -2.24. The van der Waals surface area contributed by atoms with E-state index in [4.69, 9.17) is 11.6 Å². The molecule has 2 aromatic rings. The van der Waals surface area contributed by atoms with Gasteiger partial charge in [-0.2, -0.15) is 0 Å². The molecule has 2 rings (SSSR count). The topological polar surface area (TPSA) is 40.5 Å². The molecule has 2 N–H and O–H groups in total. The number of benzene rings is 2. The van der Waals surface area contributed by atoms with Gasteiger partial charge >= 0.3 is 0 Å². The highest BCUT2D eigenvalue weighted by Crippen LogP contribution is 2.37. The van der Waals surface area contributed by atoms with E-state index in [-0.39, 0.29) is 5.92 Å². The van der Waals surface area contributed by atoms with Crippen molar-refractivity contribution in [1.82, 2.24) is 0 Å². The summed E-state index contributed by atoms with van der Waals surface area (Å²) in [5.74, 6) is 1.27. The van der Waals surface area contributed by atoms with Gasteiger partial charge in [0, 0.05) is 11.8 Å². The van der Waals surface area contributed by atoms with Gasteiger partial charge in [0.25, 0.3) is 0 Å². The molecule has 2 aromatic carbocycles. The van der Waals surface area contributed by atoms with Gasteiger partial charge in [0.15, 0.2) is 0 Å². The molecule has 0 aliphatic rings. The molecule has 0 heterocycles. The highest BCUT2D eigenvalue weighted by molar-refractivity contribution is 6.18. The van der Waals surface area contributed by atoms with E-state index < -0.39 is 0 Å². The van der Waals surface area contributed by atoms with Gasteiger partial charge in [-0.1, -0.05) is 39.8 Å². The number of hydrogen-bond donors (Lipinski definition) is 2. The molecule has 0 fully saturated rings. The summed E-state index contributed by atoms with van der Waals surface area (Å²) in [5.41, 5.74) is 6.55. The predicted octanol–water partition coefficient (Wildman–Crippen LogP) is 5.72. The third-order valence-electron chi connectivity index (χ3n) is 5.11. The first-order chi connectivity index (χ1) is 12.0. The first-order valence-electron chi connectivity index (χ1n) is 9.25. The van der Waals surface area contributed by atoms with Gasteiger partial charge in [0.1, 0.15) is 11.5 Å². The Hall–Kier alpha value is -1.67. The minimum Gasteiger partial charge on any atom is -0.508 e. The van der Waals surface area contributed by atoms with Crippen LogP contribution in [0.2, 0.25) is 0 Å². The molecular formula is C22H29ClO2. The van der Waals surface area contributed by atoms with Crippen molar-refractivity contribution in [2.45, 2.75) is 59.3 Å². The molecule has 25 heavy (non-hydrogen) atoms. The van der Waals surface area contributed by atoms with Crippen molar-refractivity contribution in [2.24, 2.45) is 0 Å². The lowest BCUT2D eigenvalue weighted by molar-refractivity contribution is 0.467. The summed E-state index contributed by atoms with van der Waals surface area (Å²) in [7, 11) is 0. The first-order valence-corrected chi connectivity index (χ1v) is 9.79. The number of aromatic hydroxyl groups is 2. The molecule has 0 bridgehead atoms. The average Bonchev–Trinajstić information content (AvgIpc) is 2.63. The van der Waals surface area contributed by atoms with Crippen LogP contribution in [0.25, 0.3) is 0 Å². The fourth-order valence-electron chi connectivity index (χ4n) is 3.55. The van der Waals surface area contributed by atoms with Crippen LogP contribution in [0.3, 0.4) is 0 Å². The summed E-state index contributed by atoms with van der Waals surface area (Å²) in [6.07, 6.45) is 3.27. The van der Waals surface area contributed by atoms with Crippen LogP contribution in [0.4, 0.5) is 0 Å². The molecule has 0 saturated heterocycles. The Balaban J connectivity index is 2.68. The molecule has 3 heteroatoms. The minimum atomic E-state index is 0.0587. The lowest BCUT2D eigenvalue weighted by atomic mass is 9.83. The average molecular weight is 361 g/mol. The maximum Gasteiger partial charge on any atom is 0.119 e. The largest absolute Gasteiger partial charge is 0.508 e. The van der Waals surface area contributed by atoms with Crippen LogP contribution in [0.1, 0.15) is 67.0 Å². The van der Waals surface area contributed by atoms with Gasteiger partial charge in [-0.25, -0.2) is 0 Å². The van der Waals surface area contributed by atoms with Crippen LogP contribution in [0.15, 0.2) is 24.3 Å². The molecular weight excluding hydrogens is 332 g/mol. The zero-order valence-electron chi connectivity index (χ0n) is 15.7. The zero-order valence-corrected chi connectivity index (χ0v) is 16.5. The Morgan fingerprint density at radius 2 is 1.04 bits per heavy atom. The second-order valence-electron chi connectivity index (χ2n) is 6.48. The van der Waals surface area contributed by atoms with Gasteiger partial charge in [-0.05, 0) is 71.2 Å². The summed E-state index contributed by atoms with van der Waals surface area (Å²) >= 11 is 6.44. The Labute approximate surface area is 156 Å². The van der Waals surface area contributed by atoms with Crippen LogP contribution in [-0.4, -0.2) is 16.1 Å². The van der Waals surface area contributed by atoms with Crippen molar-refractivity contribution in [3.63, 3.8) is 0 Å². The highest BCUT2D eigenvalue weighted by atomic mass is 35.5. The number of halogens is 1. The molecule has 136 valence electrons. The van der Waals surface area contributed by atoms with Crippen molar-refractivity contribution in [2.75, 3.05) is 5.88 Å². The third kappa shape index (κ3) is 3.95. The summed E-state index contributed by atoms with van der Waals surface area (Å²) in [6, 6.07) is 8.00. The van der Waals surface area contributed by atoms with Crippen molar-refractivity contribution in [3.8, 4) is 11.5 Å². The summed E-state index contributed by atoms with van der Waals surface area (Å²) < 4.78 is 0. The number of hydrogen-bond acceptors (Lipinski definition) is 2. The molecule has 0 aliphatic heterocycles. The first kappa shape index (κ1) is 19.7. The molecule has 0 spiro atoms. The highest BCUT2D eigenvalue weighted by Gasteiger charge is 2.22. The van der Waals surface area contributed by atoms with Crippen LogP contribution < -0.4 is 0 Å². The third-order valence-corrected chi connectivity index (χ3v) is 5.42. The normalized spacial score (nSPS) is 11.3. The maximum atomic E-state index is 10.2. The van der Waals surface area contributed by atoms with E-state index in [0.29, 0.717) is 17.4 Å². The maximum absolute atomic E-state index is 10.2. The molecule has 0 saturated carbocycles. The van der Waals surface area contributed by atoms with Gasteiger partial charge < -0.3 is 10.2 Å². The number of alkyl halides is 1. The number of phenols is 2. The fourth-order valence-corrected chi connectivity index (χ4v) is 3.88. The zero-order chi connectivity index (χ0) is 18.6. The lowest BCUT2D eigenvalue weighted by Crippen LogP contribution is -2.10. The van der Waals surface area contributed by atoms with Crippen molar-refractivity contribution in [3.05, 3.63) is 57.6 Å². The van der Waals surface area contributed by atoms with Gasteiger partial charge in [0.05, 0.1) is 0 Å². The van der Waals surface area contributed by atoms with Crippen molar-refractivity contribution >= 4 is 11.6 Å². The molecule has 0 radical (unpaired) electrons. The standard InChI is InChI=1S/C22H29ClO2/c1-5-14-11-21(24)16(7-3)9-18(14)20(13-23)19-10-17(8-4)22(25)12-15(19)6-2/h9-12,20,24-25H,5-8,13H2,1-4H3. The second kappa shape index (κ2) is 8.62. The molecule has 0 atom stereocenters. The molecule has 0 aliphatic carbocycles. The summed E-state index contributed by atoms with van der Waals surface area (Å²) in [5, 5.41) is 20.5. The molecule has 2 nitrogen and oxygen atoms in total. The Kier molecular flexibility index (Phi) is 6.78. The SMILES string of the molecule is CCc1cc(C(CCl)c2cc(CC)c(O)cc2CC)c(CC)cc1O. The second-order valence-corrected chi connectivity index (χ2v) is 6.79. The fraction of sp³-hybridized carbons (Fsp3) is 0.455. The van der Waals surface area contributed by atoms with E-state index in [2.05, 4.69) is 26.0 Å². The van der Waals surface area contributed by atoms with E-state index in [1.165, 1.54) is 11.1 Å². The van der Waals surface area contributed by atoms with E-state index >= 15 is 0 Å². The van der Waals surface area contributed by atoms with Crippen LogP contribution in [0.5, 0.6) is 11.5 Å². The number of phenolic OH excluding ortho intramolecular Hbond substituents is 2. The predicted molar refractivity (Wildman–Crippen MR) is 106 cm³/mol. The number of aryl methyl sites for hydroxylation is 4. The molecule has 0 amide bonds. The molecule has 0 aromatic heterocycles. The van der Waals surface area contributed by atoms with E-state index in [1.54, 1.807) is 0 Å². The van der Waals surface area contributed by atoms with Crippen LogP contribution in [-0.2, 0) is 25.7 Å². The van der Waals surface area contributed by atoms with E-state index in [1.807, 2.05) is 26.0 Å². The summed E-state index contributed by atoms with van der Waals surface area (Å²) in [4.78, 5) is 0. The Morgan fingerprint density at radius 3 is 1.32 bits per heavy atom. The van der Waals surface area contributed by atoms with Gasteiger partial charge in [0.2, 0.25) is 0 Å². The van der Waals surface area contributed by atoms with Crippen LogP contribution >= 0.6 is 11.6 Å². The Bertz CT molecular complexity index is 676. The quantitative estimate of drug-likeness (QED) is 0.620. The number of rotatable bonds is 7.